The predicted molar refractivity (Wildman–Crippen MR) is 66.0 cm³/mol. The monoisotopic (exact) mass is 347 g/mol. The normalized spacial score (nSPS) is 13.4. The standard InChI is InChI=1S/C10H10BrClF3NO2/c11-7-1-5(10(13,14)15)2-8(9(7)18)16-4-6(17)3-12/h1-2,6,16-18H,3-4H2. The Bertz CT molecular complexity index is 428. The summed E-state index contributed by atoms with van der Waals surface area (Å²) >= 11 is 8.19. The van der Waals surface area contributed by atoms with Crippen LogP contribution in [0.1, 0.15) is 5.56 Å². The maximum Gasteiger partial charge on any atom is 0.416 e. The molecule has 3 nitrogen and oxygen atoms in total. The molecule has 1 atom stereocenters. The number of anilines is 1. The quantitative estimate of drug-likeness (QED) is 0.579. The van der Waals surface area contributed by atoms with E-state index in [2.05, 4.69) is 21.2 Å². The zero-order valence-electron chi connectivity index (χ0n) is 8.93. The van der Waals surface area contributed by atoms with E-state index >= 15 is 0 Å². The van der Waals surface area contributed by atoms with Crippen LogP contribution in [0.25, 0.3) is 0 Å². The van der Waals surface area contributed by atoms with E-state index in [0.29, 0.717) is 0 Å². The van der Waals surface area contributed by atoms with Crippen molar-refractivity contribution in [1.29, 1.82) is 0 Å². The lowest BCUT2D eigenvalue weighted by Gasteiger charge is -2.15. The van der Waals surface area contributed by atoms with Gasteiger partial charge in [0.05, 0.1) is 27.7 Å². The molecule has 1 rings (SSSR count). The molecule has 0 radical (unpaired) electrons. The van der Waals surface area contributed by atoms with Gasteiger partial charge >= 0.3 is 6.18 Å². The predicted octanol–water partition coefficient (Wildman–Crippen LogP) is 3.19. The lowest BCUT2D eigenvalue weighted by molar-refractivity contribution is -0.137. The molecule has 18 heavy (non-hydrogen) atoms. The van der Waals surface area contributed by atoms with E-state index in [1.54, 1.807) is 0 Å². The molecule has 0 saturated heterocycles. The first-order valence-corrected chi connectivity index (χ1v) is 6.16. The van der Waals surface area contributed by atoms with Gasteiger partial charge in [-0.15, -0.1) is 11.6 Å². The fourth-order valence-corrected chi connectivity index (χ4v) is 1.75. The van der Waals surface area contributed by atoms with Crippen LogP contribution in [-0.4, -0.2) is 28.7 Å². The molecule has 0 aliphatic carbocycles. The fourth-order valence-electron chi connectivity index (χ4n) is 1.18. The first kappa shape index (κ1) is 15.4. The Morgan fingerprint density at radius 3 is 2.50 bits per heavy atom. The number of benzene rings is 1. The van der Waals surface area contributed by atoms with Crippen molar-refractivity contribution in [3.05, 3.63) is 22.2 Å². The summed E-state index contributed by atoms with van der Waals surface area (Å²) in [5, 5.41) is 21.3. The molecule has 1 aromatic rings. The summed E-state index contributed by atoms with van der Waals surface area (Å²) in [5.74, 6) is -0.418. The van der Waals surface area contributed by atoms with Gasteiger partial charge in [0.15, 0.2) is 5.75 Å². The first-order valence-electron chi connectivity index (χ1n) is 4.83. The highest BCUT2D eigenvalue weighted by Gasteiger charge is 2.32. The molecule has 1 unspecified atom stereocenters. The molecule has 0 fully saturated rings. The molecular weight excluding hydrogens is 338 g/mol. The molecule has 0 amide bonds. The van der Waals surface area contributed by atoms with Crippen LogP contribution < -0.4 is 5.32 Å². The third kappa shape index (κ3) is 3.93. The highest BCUT2D eigenvalue weighted by atomic mass is 79.9. The average Bonchev–Trinajstić information content (AvgIpc) is 2.28. The van der Waals surface area contributed by atoms with E-state index in [0.717, 1.165) is 12.1 Å². The molecule has 0 heterocycles. The minimum absolute atomic E-state index is 0.0616. The average molecular weight is 349 g/mol. The Morgan fingerprint density at radius 2 is 2.00 bits per heavy atom. The number of aromatic hydroxyl groups is 1. The lowest BCUT2D eigenvalue weighted by atomic mass is 10.1. The number of aliphatic hydroxyl groups is 1. The summed E-state index contributed by atoms with van der Waals surface area (Å²) in [5.41, 5.74) is -1.03. The van der Waals surface area contributed by atoms with Gasteiger partial charge in [-0.2, -0.15) is 13.2 Å². The third-order valence-electron chi connectivity index (χ3n) is 2.10. The number of rotatable bonds is 4. The highest BCUT2D eigenvalue weighted by Crippen LogP contribution is 2.39. The largest absolute Gasteiger partial charge is 0.505 e. The van der Waals surface area contributed by atoms with Gasteiger partial charge in [-0.1, -0.05) is 0 Å². The molecule has 0 bridgehead atoms. The van der Waals surface area contributed by atoms with Crippen molar-refractivity contribution in [1.82, 2.24) is 0 Å². The number of phenolic OH excluding ortho intramolecular Hbond substituents is 1. The van der Waals surface area contributed by atoms with Crippen molar-refractivity contribution in [3.63, 3.8) is 0 Å². The van der Waals surface area contributed by atoms with Gasteiger partial charge in [0.2, 0.25) is 0 Å². The van der Waals surface area contributed by atoms with Gasteiger partial charge in [0.1, 0.15) is 0 Å². The minimum atomic E-state index is -4.52. The second kappa shape index (κ2) is 5.99. The second-order valence-corrected chi connectivity index (χ2v) is 4.70. The molecule has 0 saturated carbocycles. The molecule has 0 aromatic heterocycles. The van der Waals surface area contributed by atoms with Crippen LogP contribution in [0, 0.1) is 0 Å². The Labute approximate surface area is 115 Å². The van der Waals surface area contributed by atoms with Crippen molar-refractivity contribution in [2.24, 2.45) is 0 Å². The van der Waals surface area contributed by atoms with Crippen molar-refractivity contribution >= 4 is 33.2 Å². The molecule has 3 N–H and O–H groups in total. The summed E-state index contributed by atoms with van der Waals surface area (Å²) in [4.78, 5) is 0. The number of aliphatic hydroxyl groups excluding tert-OH is 1. The van der Waals surface area contributed by atoms with Crippen LogP contribution in [0.4, 0.5) is 18.9 Å². The Kier molecular flexibility index (Phi) is 5.12. The SMILES string of the molecule is Oc1c(Br)cc(C(F)(F)F)cc1NCC(O)CCl. The summed E-state index contributed by atoms with van der Waals surface area (Å²) in [6.07, 6.45) is -5.43. The van der Waals surface area contributed by atoms with Gasteiger partial charge in [-0.3, -0.25) is 0 Å². The van der Waals surface area contributed by atoms with Crippen LogP contribution in [0.3, 0.4) is 0 Å². The number of hydrogen-bond donors (Lipinski definition) is 3. The topological polar surface area (TPSA) is 52.5 Å². The van der Waals surface area contributed by atoms with Crippen LogP contribution in [0.15, 0.2) is 16.6 Å². The number of nitrogens with one attached hydrogen (secondary N) is 1. The summed E-state index contributed by atoms with van der Waals surface area (Å²) in [6, 6.07) is 1.54. The minimum Gasteiger partial charge on any atom is -0.505 e. The molecule has 0 spiro atoms. The Morgan fingerprint density at radius 1 is 1.39 bits per heavy atom. The summed E-state index contributed by atoms with van der Waals surface area (Å²) in [7, 11) is 0. The number of hydrogen-bond acceptors (Lipinski definition) is 3. The molecule has 0 aliphatic rings. The van der Waals surface area contributed by atoms with Gasteiger partial charge < -0.3 is 15.5 Å². The zero-order valence-corrected chi connectivity index (χ0v) is 11.3. The third-order valence-corrected chi connectivity index (χ3v) is 3.06. The zero-order chi connectivity index (χ0) is 13.9. The van der Waals surface area contributed by atoms with Crippen molar-refractivity contribution < 1.29 is 23.4 Å². The van der Waals surface area contributed by atoms with E-state index in [1.807, 2.05) is 0 Å². The van der Waals surface area contributed by atoms with E-state index in [4.69, 9.17) is 11.6 Å². The number of halogens is 5. The highest BCUT2D eigenvalue weighted by molar-refractivity contribution is 9.10. The lowest BCUT2D eigenvalue weighted by Crippen LogP contribution is -2.21. The second-order valence-electron chi connectivity index (χ2n) is 3.54. The summed E-state index contributed by atoms with van der Waals surface area (Å²) < 4.78 is 37.5. The van der Waals surface area contributed by atoms with Crippen LogP contribution in [0.2, 0.25) is 0 Å². The van der Waals surface area contributed by atoms with E-state index in [1.165, 1.54) is 0 Å². The number of phenols is 1. The van der Waals surface area contributed by atoms with Gasteiger partial charge in [-0.05, 0) is 28.1 Å². The van der Waals surface area contributed by atoms with Gasteiger partial charge in [-0.25, -0.2) is 0 Å². The van der Waals surface area contributed by atoms with Crippen molar-refractivity contribution in [2.45, 2.75) is 12.3 Å². The van der Waals surface area contributed by atoms with Crippen LogP contribution in [0.5, 0.6) is 5.75 Å². The van der Waals surface area contributed by atoms with Crippen LogP contribution in [-0.2, 0) is 6.18 Å². The van der Waals surface area contributed by atoms with Crippen molar-refractivity contribution in [2.75, 3.05) is 17.7 Å². The Hall–Kier alpha value is -0.660. The maximum atomic E-state index is 12.5. The number of alkyl halides is 4. The van der Waals surface area contributed by atoms with Crippen molar-refractivity contribution in [3.8, 4) is 5.75 Å². The van der Waals surface area contributed by atoms with Gasteiger partial charge in [0, 0.05) is 6.54 Å². The van der Waals surface area contributed by atoms with Crippen LogP contribution >= 0.6 is 27.5 Å². The Balaban J connectivity index is 3.00. The molecule has 102 valence electrons. The van der Waals surface area contributed by atoms with E-state index in [9.17, 15) is 23.4 Å². The molecule has 8 heteroatoms. The fraction of sp³-hybridized carbons (Fsp3) is 0.400. The van der Waals surface area contributed by atoms with Gasteiger partial charge in [0.25, 0.3) is 0 Å². The molecule has 0 aliphatic heterocycles. The summed E-state index contributed by atoms with van der Waals surface area (Å²) in [6.45, 7) is -0.0647. The maximum absolute atomic E-state index is 12.5. The van der Waals surface area contributed by atoms with E-state index < -0.39 is 17.8 Å². The van der Waals surface area contributed by atoms with E-state index in [-0.39, 0.29) is 28.3 Å². The smallest absolute Gasteiger partial charge is 0.416 e. The molecule has 1 aromatic carbocycles. The first-order chi connectivity index (χ1) is 8.25. The molecular formula is C10H10BrClF3NO2.